The Morgan fingerprint density at radius 2 is 1.79 bits per heavy atom. The third-order valence-electron chi connectivity index (χ3n) is 4.13. The van der Waals surface area contributed by atoms with Crippen molar-refractivity contribution in [3.63, 3.8) is 0 Å². The number of ether oxygens (including phenoxy) is 1. The molecule has 0 amide bonds. The van der Waals surface area contributed by atoms with E-state index in [1.165, 1.54) is 12.7 Å². The quantitative estimate of drug-likeness (QED) is 0.688. The fourth-order valence-corrected chi connectivity index (χ4v) is 2.77. The van der Waals surface area contributed by atoms with E-state index >= 15 is 0 Å². The molecule has 0 N–H and O–H groups in total. The summed E-state index contributed by atoms with van der Waals surface area (Å²) in [6.45, 7) is 1.76. The summed E-state index contributed by atoms with van der Waals surface area (Å²) in [5, 5.41) is 0.402. The van der Waals surface area contributed by atoms with Crippen LogP contribution in [-0.2, 0) is 17.6 Å². The highest BCUT2D eigenvalue weighted by molar-refractivity contribution is 6.01. The summed E-state index contributed by atoms with van der Waals surface area (Å²) in [4.78, 5) is 24.5. The van der Waals surface area contributed by atoms with Crippen molar-refractivity contribution >= 4 is 16.9 Å². The molecule has 4 heteroatoms. The Morgan fingerprint density at radius 1 is 1.04 bits per heavy atom. The zero-order valence-electron chi connectivity index (χ0n) is 13.7. The first-order valence-electron chi connectivity index (χ1n) is 7.79. The lowest BCUT2D eigenvalue weighted by atomic mass is 10.0. The van der Waals surface area contributed by atoms with Crippen molar-refractivity contribution < 1.29 is 13.9 Å². The second-order valence-corrected chi connectivity index (χ2v) is 5.64. The van der Waals surface area contributed by atoms with Crippen LogP contribution in [-0.4, -0.2) is 13.1 Å². The van der Waals surface area contributed by atoms with E-state index in [0.29, 0.717) is 28.7 Å². The molecule has 4 nitrogen and oxygen atoms in total. The van der Waals surface area contributed by atoms with Crippen LogP contribution in [0.25, 0.3) is 11.0 Å². The molecule has 3 rings (SSSR count). The number of benzene rings is 2. The van der Waals surface area contributed by atoms with Crippen LogP contribution in [0.4, 0.5) is 0 Å². The molecular formula is C20H18O4. The smallest absolute Gasteiger partial charge is 0.341 e. The van der Waals surface area contributed by atoms with Crippen molar-refractivity contribution in [1.82, 2.24) is 0 Å². The monoisotopic (exact) mass is 322 g/mol. The first kappa shape index (κ1) is 16.0. The number of hydrogen-bond donors (Lipinski definition) is 0. The highest BCUT2D eigenvalue weighted by Crippen LogP contribution is 2.21. The van der Waals surface area contributed by atoms with Gasteiger partial charge >= 0.3 is 5.97 Å². The van der Waals surface area contributed by atoms with Gasteiger partial charge in [0.1, 0.15) is 11.3 Å². The Hall–Kier alpha value is -2.88. The zero-order chi connectivity index (χ0) is 17.1. The summed E-state index contributed by atoms with van der Waals surface area (Å²) < 4.78 is 10.7. The Balaban J connectivity index is 2.06. The molecule has 0 unspecified atom stereocenters. The average Bonchev–Trinajstić information content (AvgIpc) is 2.63. The Kier molecular flexibility index (Phi) is 4.47. The molecule has 1 heterocycles. The number of esters is 1. The fraction of sp³-hybridized carbons (Fsp3) is 0.200. The normalized spacial score (nSPS) is 10.8. The van der Waals surface area contributed by atoms with E-state index < -0.39 is 5.97 Å². The van der Waals surface area contributed by atoms with E-state index in [9.17, 15) is 9.59 Å². The lowest BCUT2D eigenvalue weighted by Gasteiger charge is -2.09. The van der Waals surface area contributed by atoms with E-state index in [-0.39, 0.29) is 11.0 Å². The minimum Gasteiger partial charge on any atom is -0.465 e. The summed E-state index contributed by atoms with van der Waals surface area (Å²) in [5.74, 6) is 0.0920. The average molecular weight is 322 g/mol. The van der Waals surface area contributed by atoms with Crippen molar-refractivity contribution in [2.75, 3.05) is 7.11 Å². The minimum absolute atomic E-state index is 0.106. The van der Waals surface area contributed by atoms with E-state index in [1.54, 1.807) is 25.1 Å². The molecule has 0 saturated heterocycles. The van der Waals surface area contributed by atoms with Crippen LogP contribution < -0.4 is 5.43 Å². The molecule has 0 fully saturated rings. The Morgan fingerprint density at radius 3 is 2.50 bits per heavy atom. The van der Waals surface area contributed by atoms with Gasteiger partial charge in [0.2, 0.25) is 0 Å². The van der Waals surface area contributed by atoms with Crippen LogP contribution in [0.1, 0.15) is 27.2 Å². The van der Waals surface area contributed by atoms with Gasteiger partial charge in [0.05, 0.1) is 12.5 Å². The van der Waals surface area contributed by atoms with E-state index in [4.69, 9.17) is 9.15 Å². The van der Waals surface area contributed by atoms with Gasteiger partial charge in [-0.3, -0.25) is 4.79 Å². The van der Waals surface area contributed by atoms with Gasteiger partial charge in [-0.15, -0.1) is 0 Å². The molecule has 0 spiro atoms. The first-order chi connectivity index (χ1) is 11.6. The molecular weight excluding hydrogens is 304 g/mol. The second-order valence-electron chi connectivity index (χ2n) is 5.64. The largest absolute Gasteiger partial charge is 0.465 e. The van der Waals surface area contributed by atoms with Gasteiger partial charge < -0.3 is 9.15 Å². The number of para-hydroxylation sites is 1. The SMILES string of the molecule is COC(=O)c1cccc2c(=O)c(C)c(CCc3ccccc3)oc12. The number of methoxy groups -OCH3 is 1. The van der Waals surface area contributed by atoms with Crippen molar-refractivity contribution in [3.8, 4) is 0 Å². The molecule has 24 heavy (non-hydrogen) atoms. The van der Waals surface area contributed by atoms with Gasteiger partial charge in [0.25, 0.3) is 0 Å². The molecule has 0 saturated carbocycles. The molecule has 2 aromatic carbocycles. The summed E-state index contributed by atoms with van der Waals surface area (Å²) in [5.41, 5.74) is 2.21. The lowest BCUT2D eigenvalue weighted by Crippen LogP contribution is -2.12. The predicted octanol–water partition coefficient (Wildman–Crippen LogP) is 3.67. The predicted molar refractivity (Wildman–Crippen MR) is 92.4 cm³/mol. The van der Waals surface area contributed by atoms with Crippen LogP contribution in [0.3, 0.4) is 0 Å². The van der Waals surface area contributed by atoms with Crippen LogP contribution in [0.2, 0.25) is 0 Å². The van der Waals surface area contributed by atoms with Crippen molar-refractivity contribution in [2.24, 2.45) is 0 Å². The highest BCUT2D eigenvalue weighted by Gasteiger charge is 2.17. The molecule has 1 aromatic heterocycles. The molecule has 0 aliphatic carbocycles. The van der Waals surface area contributed by atoms with Crippen LogP contribution >= 0.6 is 0 Å². The summed E-state index contributed by atoms with van der Waals surface area (Å²) in [7, 11) is 1.31. The summed E-state index contributed by atoms with van der Waals surface area (Å²) in [6.07, 6.45) is 1.35. The van der Waals surface area contributed by atoms with Crippen LogP contribution in [0, 0.1) is 6.92 Å². The molecule has 122 valence electrons. The van der Waals surface area contributed by atoms with E-state index in [1.807, 2.05) is 30.3 Å². The highest BCUT2D eigenvalue weighted by atomic mass is 16.5. The van der Waals surface area contributed by atoms with Crippen LogP contribution in [0.5, 0.6) is 0 Å². The Bertz CT molecular complexity index is 939. The van der Waals surface area contributed by atoms with Crippen molar-refractivity contribution in [3.05, 3.63) is 81.2 Å². The lowest BCUT2D eigenvalue weighted by molar-refractivity contribution is 0.0601. The third kappa shape index (κ3) is 2.95. The number of rotatable bonds is 4. The number of fused-ring (bicyclic) bond motifs is 1. The maximum Gasteiger partial charge on any atom is 0.341 e. The standard InChI is InChI=1S/C20H18O4/c1-13-17(12-11-14-7-4-3-5-8-14)24-19-15(18(13)21)9-6-10-16(19)20(22)23-2/h3-10H,11-12H2,1-2H3. The molecule has 0 aliphatic rings. The maximum atomic E-state index is 12.6. The second kappa shape index (κ2) is 6.71. The molecule has 0 radical (unpaired) electrons. The number of aryl methyl sites for hydroxylation is 2. The minimum atomic E-state index is -0.512. The van der Waals surface area contributed by atoms with Crippen LogP contribution in [0.15, 0.2) is 57.7 Å². The molecule has 3 aromatic rings. The summed E-state index contributed by atoms with van der Waals surface area (Å²) >= 11 is 0. The van der Waals surface area contributed by atoms with Gasteiger partial charge in [0, 0.05) is 12.0 Å². The first-order valence-corrected chi connectivity index (χ1v) is 7.79. The van der Waals surface area contributed by atoms with Crippen molar-refractivity contribution in [2.45, 2.75) is 19.8 Å². The molecule has 0 aliphatic heterocycles. The topological polar surface area (TPSA) is 56.5 Å². The maximum absolute atomic E-state index is 12.6. The van der Waals surface area contributed by atoms with Gasteiger partial charge in [-0.2, -0.15) is 0 Å². The molecule has 0 bridgehead atoms. The number of carbonyl (C=O) groups is 1. The zero-order valence-corrected chi connectivity index (χ0v) is 13.7. The van der Waals surface area contributed by atoms with Gasteiger partial charge in [-0.05, 0) is 31.0 Å². The van der Waals surface area contributed by atoms with E-state index in [0.717, 1.165) is 6.42 Å². The number of carbonyl (C=O) groups excluding carboxylic acids is 1. The van der Waals surface area contributed by atoms with Gasteiger partial charge in [0.15, 0.2) is 11.0 Å². The van der Waals surface area contributed by atoms with Gasteiger partial charge in [-0.1, -0.05) is 36.4 Å². The summed E-state index contributed by atoms with van der Waals surface area (Å²) in [6, 6.07) is 14.9. The van der Waals surface area contributed by atoms with Crippen molar-refractivity contribution in [1.29, 1.82) is 0 Å². The van der Waals surface area contributed by atoms with Gasteiger partial charge in [-0.25, -0.2) is 4.79 Å². The molecule has 0 atom stereocenters. The number of hydrogen-bond acceptors (Lipinski definition) is 4. The Labute approximate surface area is 139 Å². The fourth-order valence-electron chi connectivity index (χ4n) is 2.77. The third-order valence-corrected chi connectivity index (χ3v) is 4.13. The van der Waals surface area contributed by atoms with E-state index in [2.05, 4.69) is 0 Å².